The van der Waals surface area contributed by atoms with E-state index in [0.29, 0.717) is 4.90 Å². The van der Waals surface area contributed by atoms with Crippen LogP contribution in [0.1, 0.15) is 30.1 Å². The number of aromatic carboxylic acids is 1. The van der Waals surface area contributed by atoms with E-state index in [4.69, 9.17) is 5.11 Å². The van der Waals surface area contributed by atoms with Gasteiger partial charge in [0.15, 0.2) is 0 Å². The summed E-state index contributed by atoms with van der Waals surface area (Å²) in [4.78, 5) is 21.5. The van der Waals surface area contributed by atoms with Crippen LogP contribution in [0.5, 0.6) is 0 Å². The number of benzene rings is 1. The van der Waals surface area contributed by atoms with Crippen molar-refractivity contribution >= 4 is 23.4 Å². The third-order valence-corrected chi connectivity index (χ3v) is 3.30. The third-order valence-electron chi connectivity index (χ3n) is 2.16. The molecule has 17 heavy (non-hydrogen) atoms. The van der Waals surface area contributed by atoms with Gasteiger partial charge in [-0.1, -0.05) is 13.3 Å². The highest BCUT2D eigenvalue weighted by Gasteiger charge is 2.15. The van der Waals surface area contributed by atoms with E-state index in [9.17, 15) is 14.9 Å². The highest BCUT2D eigenvalue weighted by atomic mass is 32.2. The van der Waals surface area contributed by atoms with Crippen LogP contribution in [0.3, 0.4) is 0 Å². The van der Waals surface area contributed by atoms with Crippen molar-refractivity contribution in [2.45, 2.75) is 24.7 Å². The molecule has 0 radical (unpaired) electrons. The van der Waals surface area contributed by atoms with E-state index < -0.39 is 10.9 Å². The van der Waals surface area contributed by atoms with Gasteiger partial charge < -0.3 is 5.11 Å². The fraction of sp³-hybridized carbons (Fsp3) is 0.364. The minimum absolute atomic E-state index is 0.0750. The van der Waals surface area contributed by atoms with Crippen molar-refractivity contribution in [3.63, 3.8) is 0 Å². The number of rotatable bonds is 6. The number of carboxylic acid groups (broad SMARTS) is 1. The summed E-state index contributed by atoms with van der Waals surface area (Å²) in [5, 5.41) is 19.6. The monoisotopic (exact) mass is 255 g/mol. The molecule has 0 aliphatic carbocycles. The van der Waals surface area contributed by atoms with Crippen molar-refractivity contribution < 1.29 is 14.8 Å². The van der Waals surface area contributed by atoms with Crippen LogP contribution in [-0.4, -0.2) is 21.8 Å². The lowest BCUT2D eigenvalue weighted by molar-refractivity contribution is -0.385. The zero-order valence-electron chi connectivity index (χ0n) is 9.38. The fourth-order valence-corrected chi connectivity index (χ4v) is 2.42. The van der Waals surface area contributed by atoms with E-state index in [0.717, 1.165) is 18.6 Å². The number of thioether (sulfide) groups is 1. The fourth-order valence-electron chi connectivity index (χ4n) is 1.25. The molecule has 6 heteroatoms. The van der Waals surface area contributed by atoms with Crippen LogP contribution in [0.2, 0.25) is 0 Å². The van der Waals surface area contributed by atoms with Gasteiger partial charge in [0.2, 0.25) is 0 Å². The minimum Gasteiger partial charge on any atom is -0.478 e. The average molecular weight is 255 g/mol. The van der Waals surface area contributed by atoms with Crippen LogP contribution < -0.4 is 0 Å². The second kappa shape index (κ2) is 6.24. The summed E-state index contributed by atoms with van der Waals surface area (Å²) in [5.41, 5.74) is 0.0469. The molecule has 0 heterocycles. The van der Waals surface area contributed by atoms with Gasteiger partial charge in [-0.15, -0.1) is 11.8 Å². The molecule has 1 aromatic carbocycles. The van der Waals surface area contributed by atoms with Crippen LogP contribution >= 0.6 is 11.8 Å². The maximum atomic E-state index is 11.0. The molecule has 0 unspecified atom stereocenters. The molecular weight excluding hydrogens is 242 g/mol. The molecule has 1 N–H and O–H groups in total. The summed E-state index contributed by atoms with van der Waals surface area (Å²) < 4.78 is 0. The lowest BCUT2D eigenvalue weighted by Crippen LogP contribution is -2.00. The van der Waals surface area contributed by atoms with Crippen LogP contribution in [0.25, 0.3) is 0 Å². The quantitative estimate of drug-likeness (QED) is 0.365. The number of non-ortho nitro benzene ring substituents is 1. The molecule has 0 aliphatic heterocycles. The van der Waals surface area contributed by atoms with E-state index in [1.807, 2.05) is 6.92 Å². The topological polar surface area (TPSA) is 80.4 Å². The van der Waals surface area contributed by atoms with E-state index in [-0.39, 0.29) is 11.3 Å². The van der Waals surface area contributed by atoms with Crippen LogP contribution in [0.15, 0.2) is 23.1 Å². The van der Waals surface area contributed by atoms with E-state index >= 15 is 0 Å². The van der Waals surface area contributed by atoms with Gasteiger partial charge in [-0.3, -0.25) is 10.1 Å². The first-order chi connectivity index (χ1) is 8.06. The molecule has 0 saturated carbocycles. The number of nitro groups is 1. The zero-order chi connectivity index (χ0) is 12.8. The van der Waals surface area contributed by atoms with Crippen molar-refractivity contribution in [3.8, 4) is 0 Å². The maximum Gasteiger partial charge on any atom is 0.336 e. The maximum absolute atomic E-state index is 11.0. The molecule has 0 bridgehead atoms. The summed E-state index contributed by atoms with van der Waals surface area (Å²) in [7, 11) is 0. The molecule has 1 aromatic rings. The van der Waals surface area contributed by atoms with E-state index in [1.165, 1.54) is 30.0 Å². The Morgan fingerprint density at radius 1 is 1.53 bits per heavy atom. The van der Waals surface area contributed by atoms with Crippen molar-refractivity contribution in [3.05, 3.63) is 33.9 Å². The number of hydrogen-bond acceptors (Lipinski definition) is 4. The highest BCUT2D eigenvalue weighted by molar-refractivity contribution is 7.99. The molecule has 5 nitrogen and oxygen atoms in total. The summed E-state index contributed by atoms with van der Waals surface area (Å²) in [6.45, 7) is 2.03. The molecule has 0 atom stereocenters. The lowest BCUT2D eigenvalue weighted by atomic mass is 10.2. The average Bonchev–Trinajstić information content (AvgIpc) is 2.28. The summed E-state index contributed by atoms with van der Waals surface area (Å²) in [5.74, 6) is -0.295. The van der Waals surface area contributed by atoms with Crippen LogP contribution in [-0.2, 0) is 0 Å². The van der Waals surface area contributed by atoms with Crippen molar-refractivity contribution in [1.82, 2.24) is 0 Å². The Labute approximate surface area is 103 Å². The Hall–Kier alpha value is -1.56. The zero-order valence-corrected chi connectivity index (χ0v) is 10.2. The summed E-state index contributed by atoms with van der Waals surface area (Å²) in [6, 6.07) is 3.83. The van der Waals surface area contributed by atoms with Gasteiger partial charge >= 0.3 is 5.97 Å². The van der Waals surface area contributed by atoms with Crippen LogP contribution in [0.4, 0.5) is 5.69 Å². The van der Waals surface area contributed by atoms with Gasteiger partial charge in [0.25, 0.3) is 5.69 Å². The number of unbranched alkanes of at least 4 members (excludes halogenated alkanes) is 1. The Bertz CT molecular complexity index is 433. The number of nitrogens with zero attached hydrogens (tertiary/aromatic N) is 1. The van der Waals surface area contributed by atoms with Crippen molar-refractivity contribution in [1.29, 1.82) is 0 Å². The normalized spacial score (nSPS) is 10.2. The summed E-state index contributed by atoms with van der Waals surface area (Å²) in [6.07, 6.45) is 1.96. The number of carboxylic acids is 1. The molecule has 0 amide bonds. The Morgan fingerprint density at radius 2 is 2.24 bits per heavy atom. The van der Waals surface area contributed by atoms with E-state index in [2.05, 4.69) is 0 Å². The Balaban J connectivity index is 2.98. The smallest absolute Gasteiger partial charge is 0.336 e. The minimum atomic E-state index is -1.06. The van der Waals surface area contributed by atoms with Gasteiger partial charge in [0.1, 0.15) is 0 Å². The first-order valence-corrected chi connectivity index (χ1v) is 6.19. The molecule has 0 saturated heterocycles. The standard InChI is InChI=1S/C11H13NO4S/c1-2-3-6-17-10-7-8(12(15)16)4-5-9(10)11(13)14/h4-5,7H,2-3,6H2,1H3,(H,13,14). The SMILES string of the molecule is CCCCSc1cc([N+](=O)[O-])ccc1C(=O)O. The molecule has 1 rings (SSSR count). The molecule has 0 spiro atoms. The van der Waals surface area contributed by atoms with Gasteiger partial charge in [0, 0.05) is 17.0 Å². The second-order valence-corrected chi connectivity index (χ2v) is 4.58. The molecule has 0 aromatic heterocycles. The highest BCUT2D eigenvalue weighted by Crippen LogP contribution is 2.28. The Morgan fingerprint density at radius 3 is 2.76 bits per heavy atom. The number of nitro benzene ring substituents is 1. The molecule has 92 valence electrons. The predicted molar refractivity (Wildman–Crippen MR) is 65.7 cm³/mol. The predicted octanol–water partition coefficient (Wildman–Crippen LogP) is 3.19. The van der Waals surface area contributed by atoms with Crippen LogP contribution in [0, 0.1) is 10.1 Å². The van der Waals surface area contributed by atoms with Crippen molar-refractivity contribution in [2.75, 3.05) is 5.75 Å². The first kappa shape index (κ1) is 13.5. The summed E-state index contributed by atoms with van der Waals surface area (Å²) >= 11 is 1.35. The molecular formula is C11H13NO4S. The largest absolute Gasteiger partial charge is 0.478 e. The first-order valence-electron chi connectivity index (χ1n) is 5.20. The lowest BCUT2D eigenvalue weighted by Gasteiger charge is -2.05. The van der Waals surface area contributed by atoms with E-state index in [1.54, 1.807) is 0 Å². The molecule has 0 aliphatic rings. The Kier molecular flexibility index (Phi) is 4.96. The van der Waals surface area contributed by atoms with Gasteiger partial charge in [-0.2, -0.15) is 0 Å². The van der Waals surface area contributed by atoms with Gasteiger partial charge in [-0.25, -0.2) is 4.79 Å². The van der Waals surface area contributed by atoms with Crippen molar-refractivity contribution in [2.24, 2.45) is 0 Å². The second-order valence-electron chi connectivity index (χ2n) is 3.44. The molecule has 0 fully saturated rings. The van der Waals surface area contributed by atoms with Gasteiger partial charge in [-0.05, 0) is 18.2 Å². The number of carbonyl (C=O) groups is 1. The van der Waals surface area contributed by atoms with Gasteiger partial charge in [0.05, 0.1) is 10.5 Å². The number of hydrogen-bond donors (Lipinski definition) is 1. The third kappa shape index (κ3) is 3.74.